The van der Waals surface area contributed by atoms with E-state index in [2.05, 4.69) is 15.6 Å². The first kappa shape index (κ1) is 13.9. The Kier molecular flexibility index (Phi) is 2.26. The Morgan fingerprint density at radius 3 is 2.15 bits per heavy atom. The van der Waals surface area contributed by atoms with Gasteiger partial charge in [0, 0.05) is 22.7 Å². The molecule has 0 saturated carbocycles. The number of hydrogen-bond donors (Lipinski definition) is 3. The van der Waals surface area contributed by atoms with Crippen molar-refractivity contribution in [2.24, 2.45) is 11.8 Å². The highest BCUT2D eigenvalue weighted by Gasteiger charge is 2.61. The van der Waals surface area contributed by atoms with Crippen molar-refractivity contribution in [3.05, 3.63) is 23.4 Å². The maximum absolute atomic E-state index is 12.5. The van der Waals surface area contributed by atoms with E-state index >= 15 is 0 Å². The molecule has 26 heavy (non-hydrogen) atoms. The van der Waals surface area contributed by atoms with E-state index in [1.165, 1.54) is 0 Å². The molecule has 9 heteroatoms. The normalized spacial score (nSPS) is 30.9. The number of aromatic amines is 1. The van der Waals surface area contributed by atoms with E-state index in [-0.39, 0.29) is 6.79 Å². The van der Waals surface area contributed by atoms with Gasteiger partial charge in [0.2, 0.25) is 30.4 Å². The lowest BCUT2D eigenvalue weighted by Gasteiger charge is -2.30. The summed E-state index contributed by atoms with van der Waals surface area (Å²) >= 11 is 0. The number of H-pyrrole nitrogens is 1. The first-order valence-electron chi connectivity index (χ1n) is 8.19. The zero-order valence-electron chi connectivity index (χ0n) is 13.1. The van der Waals surface area contributed by atoms with Crippen LogP contribution in [0.1, 0.15) is 23.1 Å². The monoisotopic (exact) mass is 353 g/mol. The first-order chi connectivity index (χ1) is 12.5. The summed E-state index contributed by atoms with van der Waals surface area (Å²) in [5.74, 6) is -4.26. The second-order valence-corrected chi connectivity index (χ2v) is 6.92. The molecule has 9 nitrogen and oxygen atoms in total. The minimum atomic E-state index is -0.893. The van der Waals surface area contributed by atoms with E-state index in [0.717, 1.165) is 0 Å². The quantitative estimate of drug-likeness (QED) is 0.554. The molecule has 4 unspecified atom stereocenters. The minimum Gasteiger partial charge on any atom is -0.454 e. The molecule has 3 aliphatic heterocycles. The molecule has 4 amide bonds. The van der Waals surface area contributed by atoms with Crippen LogP contribution in [0.5, 0.6) is 11.5 Å². The third-order valence-electron chi connectivity index (χ3n) is 5.75. The fourth-order valence-electron chi connectivity index (χ4n) is 4.76. The van der Waals surface area contributed by atoms with Gasteiger partial charge in [-0.1, -0.05) is 0 Å². The zero-order chi connectivity index (χ0) is 17.7. The van der Waals surface area contributed by atoms with Crippen molar-refractivity contribution < 1.29 is 28.7 Å². The van der Waals surface area contributed by atoms with Gasteiger partial charge in [-0.3, -0.25) is 29.8 Å². The summed E-state index contributed by atoms with van der Waals surface area (Å²) in [5, 5.41) is 5.30. The molecule has 0 radical (unpaired) electrons. The van der Waals surface area contributed by atoms with Crippen LogP contribution in [-0.4, -0.2) is 35.4 Å². The number of hydrogen-bond acceptors (Lipinski definition) is 6. The van der Waals surface area contributed by atoms with E-state index in [1.807, 2.05) is 0 Å². The topological polar surface area (TPSA) is 127 Å². The number of imide groups is 2. The highest BCUT2D eigenvalue weighted by molar-refractivity contribution is 6.17. The highest BCUT2D eigenvalue weighted by atomic mass is 16.7. The summed E-state index contributed by atoms with van der Waals surface area (Å²) in [5.41, 5.74) is 1.75. The fraction of sp³-hybridized carbons (Fsp3) is 0.294. The molecule has 2 saturated heterocycles. The summed E-state index contributed by atoms with van der Waals surface area (Å²) in [6.45, 7) is 0.108. The Morgan fingerprint density at radius 1 is 0.808 bits per heavy atom. The SMILES string of the molecule is O=C1NC(=O)C2C1c1[nH]c3cc4c(cc3c1C1C(=O)NC(=O)C12)OCO4. The summed E-state index contributed by atoms with van der Waals surface area (Å²) in [6, 6.07) is 3.48. The van der Waals surface area contributed by atoms with Crippen molar-refractivity contribution in [3.8, 4) is 11.5 Å². The van der Waals surface area contributed by atoms with Gasteiger partial charge in [0.25, 0.3) is 0 Å². The molecule has 3 N–H and O–H groups in total. The first-order valence-corrected chi connectivity index (χ1v) is 8.19. The summed E-state index contributed by atoms with van der Waals surface area (Å²) in [7, 11) is 0. The molecule has 2 fully saturated rings. The molecule has 6 rings (SSSR count). The number of amides is 4. The molecule has 4 atom stereocenters. The van der Waals surface area contributed by atoms with Crippen LogP contribution in [-0.2, 0) is 19.2 Å². The van der Waals surface area contributed by atoms with Crippen molar-refractivity contribution >= 4 is 34.5 Å². The van der Waals surface area contributed by atoms with Crippen LogP contribution in [0.4, 0.5) is 0 Å². The number of fused-ring (bicyclic) bond motifs is 9. The van der Waals surface area contributed by atoms with Gasteiger partial charge in [-0.15, -0.1) is 0 Å². The molecule has 1 aromatic carbocycles. The van der Waals surface area contributed by atoms with E-state index in [1.54, 1.807) is 12.1 Å². The Labute approximate surface area is 145 Å². The van der Waals surface area contributed by atoms with Crippen LogP contribution in [0.2, 0.25) is 0 Å². The number of benzene rings is 1. The van der Waals surface area contributed by atoms with Crippen molar-refractivity contribution in [1.82, 2.24) is 15.6 Å². The molecule has 1 aliphatic carbocycles. The van der Waals surface area contributed by atoms with Gasteiger partial charge in [-0.05, 0) is 11.6 Å². The molecule has 2 aromatic rings. The molecule has 0 bridgehead atoms. The maximum atomic E-state index is 12.5. The fourth-order valence-corrected chi connectivity index (χ4v) is 4.76. The third-order valence-corrected chi connectivity index (χ3v) is 5.75. The average Bonchev–Trinajstić information content (AvgIpc) is 3.31. The van der Waals surface area contributed by atoms with Gasteiger partial charge < -0.3 is 14.5 Å². The lowest BCUT2D eigenvalue weighted by Crippen LogP contribution is -2.37. The van der Waals surface area contributed by atoms with Crippen molar-refractivity contribution in [1.29, 1.82) is 0 Å². The average molecular weight is 353 g/mol. The highest BCUT2D eigenvalue weighted by Crippen LogP contribution is 2.54. The molecule has 1 aromatic heterocycles. The van der Waals surface area contributed by atoms with Gasteiger partial charge in [-0.2, -0.15) is 0 Å². The molecule has 4 aliphatic rings. The summed E-state index contributed by atoms with van der Waals surface area (Å²) in [4.78, 5) is 52.8. The van der Waals surface area contributed by atoms with E-state index in [0.29, 0.717) is 33.7 Å². The van der Waals surface area contributed by atoms with Crippen molar-refractivity contribution in [2.45, 2.75) is 11.8 Å². The van der Waals surface area contributed by atoms with Crippen LogP contribution in [0.3, 0.4) is 0 Å². The number of rotatable bonds is 0. The van der Waals surface area contributed by atoms with Crippen LogP contribution < -0.4 is 20.1 Å². The molecular weight excluding hydrogens is 342 g/mol. The van der Waals surface area contributed by atoms with E-state index < -0.39 is 47.3 Å². The van der Waals surface area contributed by atoms with E-state index in [9.17, 15) is 19.2 Å². The Bertz CT molecular complexity index is 1090. The lowest BCUT2D eigenvalue weighted by atomic mass is 9.67. The van der Waals surface area contributed by atoms with Gasteiger partial charge in [0.1, 0.15) is 0 Å². The second-order valence-electron chi connectivity index (χ2n) is 6.92. The van der Waals surface area contributed by atoms with Gasteiger partial charge >= 0.3 is 0 Å². The van der Waals surface area contributed by atoms with Crippen LogP contribution in [0, 0.1) is 11.8 Å². The Morgan fingerprint density at radius 2 is 1.42 bits per heavy atom. The van der Waals surface area contributed by atoms with E-state index in [4.69, 9.17) is 9.47 Å². The molecule has 0 spiro atoms. The predicted octanol–water partition coefficient (Wildman–Crippen LogP) is -0.377. The number of carbonyl (C=O) groups is 4. The maximum Gasteiger partial charge on any atom is 0.236 e. The summed E-state index contributed by atoms with van der Waals surface area (Å²) in [6.07, 6.45) is 0. The van der Waals surface area contributed by atoms with Gasteiger partial charge in [0.05, 0.1) is 23.7 Å². The van der Waals surface area contributed by atoms with Gasteiger partial charge in [0.15, 0.2) is 11.5 Å². The number of ether oxygens (including phenoxy) is 2. The molecule has 130 valence electrons. The standard InChI is InChI=1S/C17H11N3O6/c21-14-9-8-4-1-6-7(26-3-25-6)2-5(4)18-13(8)12-11(10(9)15(22)19-14)16(23)20-17(12)24/h1-2,9-12,18H,3H2,(H,19,21,22)(H,20,23,24). The Balaban J connectivity index is 1.69. The zero-order valence-corrected chi connectivity index (χ0v) is 13.1. The minimum absolute atomic E-state index is 0.108. The van der Waals surface area contributed by atoms with Crippen LogP contribution in [0.15, 0.2) is 12.1 Å². The van der Waals surface area contributed by atoms with Crippen molar-refractivity contribution in [3.63, 3.8) is 0 Å². The van der Waals surface area contributed by atoms with Crippen LogP contribution in [0.25, 0.3) is 10.9 Å². The molecule has 4 heterocycles. The predicted molar refractivity (Wildman–Crippen MR) is 83.2 cm³/mol. The van der Waals surface area contributed by atoms with Crippen molar-refractivity contribution in [2.75, 3.05) is 6.79 Å². The number of aromatic nitrogens is 1. The number of nitrogens with one attached hydrogen (secondary N) is 3. The lowest BCUT2D eigenvalue weighted by molar-refractivity contribution is -0.132. The summed E-state index contributed by atoms with van der Waals surface area (Å²) < 4.78 is 10.8. The molecular formula is C17H11N3O6. The van der Waals surface area contributed by atoms with Crippen LogP contribution >= 0.6 is 0 Å². The number of carbonyl (C=O) groups excluding carboxylic acids is 4. The largest absolute Gasteiger partial charge is 0.454 e. The third kappa shape index (κ3) is 1.43. The Hall–Kier alpha value is -3.36. The smallest absolute Gasteiger partial charge is 0.236 e. The second kappa shape index (κ2) is 4.24. The van der Waals surface area contributed by atoms with Gasteiger partial charge in [-0.25, -0.2) is 0 Å².